The maximum absolute atomic E-state index is 13.2. The lowest BCUT2D eigenvalue weighted by Crippen LogP contribution is -2.43. The predicted octanol–water partition coefficient (Wildman–Crippen LogP) is 1.34. The zero-order valence-electron chi connectivity index (χ0n) is 11.4. The Hall–Kier alpha value is -1.53. The summed E-state index contributed by atoms with van der Waals surface area (Å²) in [6.45, 7) is 0.880. The van der Waals surface area contributed by atoms with E-state index in [1.807, 2.05) is 0 Å². The number of benzene rings is 1. The molecule has 0 bridgehead atoms. The summed E-state index contributed by atoms with van der Waals surface area (Å²) >= 11 is 0. The number of hydrogen-bond acceptors (Lipinski definition) is 3. The van der Waals surface area contributed by atoms with Crippen molar-refractivity contribution in [3.05, 3.63) is 35.4 Å². The van der Waals surface area contributed by atoms with Crippen molar-refractivity contribution in [3.63, 3.8) is 0 Å². The van der Waals surface area contributed by atoms with Crippen LogP contribution < -0.4 is 5.32 Å². The van der Waals surface area contributed by atoms with Gasteiger partial charge in [-0.25, -0.2) is 8.78 Å². The van der Waals surface area contributed by atoms with Gasteiger partial charge in [-0.3, -0.25) is 4.79 Å². The molecular formula is C15H17F2NO3. The number of halogens is 2. The van der Waals surface area contributed by atoms with Gasteiger partial charge in [0, 0.05) is 25.5 Å². The molecule has 1 heterocycles. The quantitative estimate of drug-likeness (QED) is 0.881. The van der Waals surface area contributed by atoms with E-state index in [4.69, 9.17) is 4.74 Å². The van der Waals surface area contributed by atoms with E-state index in [0.29, 0.717) is 25.0 Å². The second-order valence-electron chi connectivity index (χ2n) is 5.87. The fraction of sp³-hybridized carbons (Fsp3) is 0.533. The molecule has 4 nitrogen and oxygen atoms in total. The Morgan fingerprint density at radius 3 is 2.90 bits per heavy atom. The molecule has 2 fully saturated rings. The number of carbonyl (C=O) groups excluding carboxylic acids is 1. The molecule has 1 aliphatic carbocycles. The minimum atomic E-state index is -0.984. The number of aliphatic hydroxyl groups is 1. The molecular weight excluding hydrogens is 280 g/mol. The van der Waals surface area contributed by atoms with Crippen LogP contribution in [-0.4, -0.2) is 36.4 Å². The molecule has 1 saturated carbocycles. The van der Waals surface area contributed by atoms with E-state index in [0.717, 1.165) is 12.1 Å². The van der Waals surface area contributed by atoms with Gasteiger partial charge in [0.1, 0.15) is 5.60 Å². The fourth-order valence-electron chi connectivity index (χ4n) is 2.71. The average molecular weight is 297 g/mol. The van der Waals surface area contributed by atoms with Crippen molar-refractivity contribution in [1.82, 2.24) is 5.32 Å². The topological polar surface area (TPSA) is 58.6 Å². The van der Waals surface area contributed by atoms with Gasteiger partial charge in [-0.05, 0) is 30.0 Å². The van der Waals surface area contributed by atoms with Gasteiger partial charge in [0.25, 0.3) is 0 Å². The van der Waals surface area contributed by atoms with E-state index in [9.17, 15) is 18.7 Å². The largest absolute Gasteiger partial charge is 0.386 e. The summed E-state index contributed by atoms with van der Waals surface area (Å²) in [6.07, 6.45) is 1.12. The normalized spacial score (nSPS) is 31.2. The summed E-state index contributed by atoms with van der Waals surface area (Å²) in [7, 11) is 0. The summed E-state index contributed by atoms with van der Waals surface area (Å²) < 4.78 is 31.2. The lowest BCUT2D eigenvalue weighted by Gasteiger charge is -2.20. The third-order valence-electron chi connectivity index (χ3n) is 4.17. The van der Waals surface area contributed by atoms with Gasteiger partial charge < -0.3 is 15.2 Å². The summed E-state index contributed by atoms with van der Waals surface area (Å²) in [4.78, 5) is 12.0. The minimum Gasteiger partial charge on any atom is -0.386 e. The number of hydrogen-bond donors (Lipinski definition) is 2. The Kier molecular flexibility index (Phi) is 3.67. The van der Waals surface area contributed by atoms with Crippen molar-refractivity contribution in [3.8, 4) is 0 Å². The lowest BCUT2D eigenvalue weighted by molar-refractivity contribution is -0.123. The molecule has 2 N–H and O–H groups in total. The van der Waals surface area contributed by atoms with Crippen LogP contribution in [0.4, 0.5) is 8.78 Å². The standard InChI is InChI=1S/C15H17F2NO3/c16-12-2-1-9(5-13(12)17)10-6-11(10)14(19)18-7-15(20)3-4-21-8-15/h1-2,5,10-11,20H,3-4,6-8H2,(H,18,19)/t10-,11+,15+/m0/s1. The van der Waals surface area contributed by atoms with E-state index >= 15 is 0 Å². The molecule has 1 saturated heterocycles. The van der Waals surface area contributed by atoms with Crippen molar-refractivity contribution in [1.29, 1.82) is 0 Å². The van der Waals surface area contributed by atoms with E-state index in [1.165, 1.54) is 6.07 Å². The van der Waals surface area contributed by atoms with E-state index in [2.05, 4.69) is 5.32 Å². The van der Waals surface area contributed by atoms with Crippen LogP contribution in [0.3, 0.4) is 0 Å². The monoisotopic (exact) mass is 297 g/mol. The zero-order chi connectivity index (χ0) is 15.0. The van der Waals surface area contributed by atoms with Crippen LogP contribution >= 0.6 is 0 Å². The van der Waals surface area contributed by atoms with Gasteiger partial charge in [0.15, 0.2) is 11.6 Å². The van der Waals surface area contributed by atoms with Crippen LogP contribution in [0.2, 0.25) is 0 Å². The Balaban J connectivity index is 1.54. The molecule has 0 spiro atoms. The van der Waals surface area contributed by atoms with Crippen LogP contribution in [0.15, 0.2) is 18.2 Å². The SMILES string of the molecule is O=C(NC[C@]1(O)CCOC1)[C@@H]1C[C@H]1c1ccc(F)c(F)c1. The highest BCUT2D eigenvalue weighted by molar-refractivity contribution is 5.82. The Morgan fingerprint density at radius 2 is 2.24 bits per heavy atom. The summed E-state index contributed by atoms with van der Waals surface area (Å²) in [6, 6.07) is 3.73. The van der Waals surface area contributed by atoms with Gasteiger partial charge in [0.05, 0.1) is 6.61 Å². The molecule has 0 unspecified atom stereocenters. The lowest BCUT2D eigenvalue weighted by atomic mass is 10.0. The smallest absolute Gasteiger partial charge is 0.223 e. The first kappa shape index (κ1) is 14.4. The first-order chi connectivity index (χ1) is 9.98. The van der Waals surface area contributed by atoms with Crippen LogP contribution in [0.1, 0.15) is 24.3 Å². The van der Waals surface area contributed by atoms with Crippen molar-refractivity contribution in [2.45, 2.75) is 24.4 Å². The van der Waals surface area contributed by atoms with Crippen molar-refractivity contribution in [2.75, 3.05) is 19.8 Å². The molecule has 6 heteroatoms. The first-order valence-electron chi connectivity index (χ1n) is 7.01. The van der Waals surface area contributed by atoms with Gasteiger partial charge in [0.2, 0.25) is 5.91 Å². The summed E-state index contributed by atoms with van der Waals surface area (Å²) in [5.41, 5.74) is -0.348. The average Bonchev–Trinajstić information content (AvgIpc) is 3.15. The van der Waals surface area contributed by atoms with Crippen LogP contribution in [0.5, 0.6) is 0 Å². The minimum absolute atomic E-state index is 0.0745. The van der Waals surface area contributed by atoms with Crippen LogP contribution in [0.25, 0.3) is 0 Å². The molecule has 3 atom stereocenters. The summed E-state index contributed by atoms with van der Waals surface area (Å²) in [5, 5.41) is 12.8. The first-order valence-corrected chi connectivity index (χ1v) is 7.01. The molecule has 1 aromatic rings. The number of amides is 1. The van der Waals surface area contributed by atoms with Crippen molar-refractivity contribution in [2.24, 2.45) is 5.92 Å². The maximum Gasteiger partial charge on any atom is 0.223 e. The Labute approximate surface area is 121 Å². The highest BCUT2D eigenvalue weighted by atomic mass is 19.2. The van der Waals surface area contributed by atoms with E-state index in [1.54, 1.807) is 0 Å². The van der Waals surface area contributed by atoms with Crippen LogP contribution in [0, 0.1) is 17.6 Å². The fourth-order valence-corrected chi connectivity index (χ4v) is 2.71. The molecule has 2 aliphatic rings. The molecule has 1 amide bonds. The van der Waals surface area contributed by atoms with Gasteiger partial charge in [-0.1, -0.05) is 6.07 Å². The number of nitrogens with one attached hydrogen (secondary N) is 1. The molecule has 1 aliphatic heterocycles. The number of rotatable bonds is 4. The third-order valence-corrected chi connectivity index (χ3v) is 4.17. The Morgan fingerprint density at radius 1 is 1.43 bits per heavy atom. The van der Waals surface area contributed by atoms with E-state index in [-0.39, 0.29) is 30.9 Å². The van der Waals surface area contributed by atoms with Crippen molar-refractivity contribution < 1.29 is 23.4 Å². The Bertz CT molecular complexity index is 558. The van der Waals surface area contributed by atoms with Gasteiger partial charge in [-0.2, -0.15) is 0 Å². The second-order valence-corrected chi connectivity index (χ2v) is 5.87. The van der Waals surface area contributed by atoms with Crippen LogP contribution in [-0.2, 0) is 9.53 Å². The highest BCUT2D eigenvalue weighted by Gasteiger charge is 2.45. The van der Waals surface area contributed by atoms with Crippen molar-refractivity contribution >= 4 is 5.91 Å². The summed E-state index contributed by atoms with van der Waals surface area (Å²) in [5.74, 6) is -2.25. The molecule has 0 aromatic heterocycles. The third kappa shape index (κ3) is 3.06. The van der Waals surface area contributed by atoms with Gasteiger partial charge >= 0.3 is 0 Å². The second kappa shape index (κ2) is 5.35. The molecule has 1 aromatic carbocycles. The molecule has 3 rings (SSSR count). The zero-order valence-corrected chi connectivity index (χ0v) is 11.4. The molecule has 114 valence electrons. The number of ether oxygens (including phenoxy) is 1. The van der Waals surface area contributed by atoms with E-state index < -0.39 is 17.2 Å². The molecule has 0 radical (unpaired) electrons. The van der Waals surface area contributed by atoms with Gasteiger partial charge in [-0.15, -0.1) is 0 Å². The number of carbonyl (C=O) groups is 1. The predicted molar refractivity (Wildman–Crippen MR) is 70.6 cm³/mol. The maximum atomic E-state index is 13.2. The molecule has 21 heavy (non-hydrogen) atoms. The highest BCUT2D eigenvalue weighted by Crippen LogP contribution is 2.47.